The highest BCUT2D eigenvalue weighted by molar-refractivity contribution is 7.98. The van der Waals surface area contributed by atoms with Gasteiger partial charge in [-0.25, -0.2) is 9.25 Å². The van der Waals surface area contributed by atoms with Gasteiger partial charge in [0.25, 0.3) is 5.56 Å². The van der Waals surface area contributed by atoms with Crippen LogP contribution in [0.25, 0.3) is 22.4 Å². The van der Waals surface area contributed by atoms with Gasteiger partial charge in [0.05, 0.1) is 11.4 Å². The number of thioether (sulfide) groups is 1. The normalized spacial score (nSPS) is 11.1. The zero-order chi connectivity index (χ0) is 25.7. The van der Waals surface area contributed by atoms with Gasteiger partial charge in [-0.15, -0.1) is 0 Å². The van der Waals surface area contributed by atoms with E-state index in [2.05, 4.69) is 22.4 Å². The second kappa shape index (κ2) is 10.7. The van der Waals surface area contributed by atoms with E-state index in [1.54, 1.807) is 21.6 Å². The van der Waals surface area contributed by atoms with Crippen molar-refractivity contribution in [3.8, 4) is 11.4 Å². The van der Waals surface area contributed by atoms with Gasteiger partial charge < -0.3 is 5.32 Å². The summed E-state index contributed by atoms with van der Waals surface area (Å²) in [6, 6.07) is 33.4. The number of benzene rings is 3. The van der Waals surface area contributed by atoms with E-state index in [9.17, 15) is 4.79 Å². The zero-order valence-electron chi connectivity index (χ0n) is 20.4. The summed E-state index contributed by atoms with van der Waals surface area (Å²) in [4.78, 5) is 23.4. The fourth-order valence-electron chi connectivity index (χ4n) is 4.23. The second-order valence-corrected chi connectivity index (χ2v) is 9.62. The minimum atomic E-state index is -0.173. The summed E-state index contributed by atoms with van der Waals surface area (Å²) in [5.74, 6) is 1.13. The maximum atomic E-state index is 14.2. The first kappa shape index (κ1) is 23.7. The largest absolute Gasteiger partial charge is 0.351 e. The number of para-hydroxylation sites is 2. The molecule has 0 saturated carbocycles. The molecule has 186 valence electrons. The maximum Gasteiger partial charge on any atom is 0.271 e. The lowest BCUT2D eigenvalue weighted by Crippen LogP contribution is -2.24. The fourth-order valence-corrected chi connectivity index (χ4v) is 5.19. The van der Waals surface area contributed by atoms with Crippen molar-refractivity contribution in [2.24, 2.45) is 0 Å². The number of rotatable bonds is 8. The number of fused-ring (bicyclic) bond motifs is 1. The van der Waals surface area contributed by atoms with Crippen LogP contribution < -0.4 is 10.9 Å². The number of hydrogen-bond acceptors (Lipinski definition) is 6. The summed E-state index contributed by atoms with van der Waals surface area (Å²) in [6.45, 7) is 0.466. The smallest absolute Gasteiger partial charge is 0.271 e. The highest BCUT2D eigenvalue weighted by Crippen LogP contribution is 2.30. The van der Waals surface area contributed by atoms with Crippen molar-refractivity contribution >= 4 is 28.7 Å². The van der Waals surface area contributed by atoms with Crippen LogP contribution in [0, 0.1) is 0 Å². The molecule has 0 unspecified atom stereocenters. The van der Waals surface area contributed by atoms with E-state index in [4.69, 9.17) is 10.1 Å². The van der Waals surface area contributed by atoms with Gasteiger partial charge in [0.2, 0.25) is 5.95 Å². The van der Waals surface area contributed by atoms with Crippen LogP contribution in [-0.4, -0.2) is 24.3 Å². The van der Waals surface area contributed by atoms with E-state index in [0.717, 1.165) is 22.5 Å². The van der Waals surface area contributed by atoms with Crippen LogP contribution in [0.5, 0.6) is 0 Å². The predicted molar refractivity (Wildman–Crippen MR) is 152 cm³/mol. The van der Waals surface area contributed by atoms with Crippen LogP contribution in [0.3, 0.4) is 0 Å². The number of pyridine rings is 1. The molecule has 3 aromatic heterocycles. The van der Waals surface area contributed by atoms with Gasteiger partial charge in [-0.1, -0.05) is 84.6 Å². The molecule has 0 aliphatic heterocycles. The summed E-state index contributed by atoms with van der Waals surface area (Å²) in [5, 5.41) is 9.40. The Morgan fingerprint density at radius 3 is 2.11 bits per heavy atom. The average Bonchev–Trinajstić information content (AvgIpc) is 3.36. The number of aromatic nitrogens is 5. The van der Waals surface area contributed by atoms with Crippen LogP contribution in [0.4, 0.5) is 5.95 Å². The number of nitrogens with zero attached hydrogens (tertiary/aromatic N) is 5. The van der Waals surface area contributed by atoms with E-state index in [0.29, 0.717) is 34.3 Å². The van der Waals surface area contributed by atoms with Crippen LogP contribution in [0.15, 0.2) is 125 Å². The molecule has 0 saturated heterocycles. The van der Waals surface area contributed by atoms with Gasteiger partial charge in [-0.3, -0.25) is 9.78 Å². The highest BCUT2D eigenvalue weighted by atomic mass is 32.2. The SMILES string of the molecule is O=c1c2c(SCc3ccccc3)nn(-c3ccccc3)c2nc(NCc2cccnc2)n1-c1ccccc1. The van der Waals surface area contributed by atoms with Crippen LogP contribution in [-0.2, 0) is 12.3 Å². The summed E-state index contributed by atoms with van der Waals surface area (Å²) in [7, 11) is 0. The molecule has 0 atom stereocenters. The molecule has 0 spiro atoms. The molecule has 0 fully saturated rings. The Hall–Kier alpha value is -4.69. The number of nitrogens with one attached hydrogen (secondary N) is 1. The molecular weight excluding hydrogens is 492 g/mol. The Morgan fingerprint density at radius 1 is 0.763 bits per heavy atom. The van der Waals surface area contributed by atoms with Gasteiger partial charge in [-0.05, 0) is 41.5 Å². The first-order valence-corrected chi connectivity index (χ1v) is 13.2. The lowest BCUT2D eigenvalue weighted by atomic mass is 10.2. The third-order valence-electron chi connectivity index (χ3n) is 6.08. The van der Waals surface area contributed by atoms with Gasteiger partial charge in [-0.2, -0.15) is 10.1 Å². The monoisotopic (exact) mass is 516 g/mol. The van der Waals surface area contributed by atoms with Gasteiger partial charge in [0.1, 0.15) is 10.4 Å². The third-order valence-corrected chi connectivity index (χ3v) is 7.11. The Kier molecular flexibility index (Phi) is 6.70. The average molecular weight is 517 g/mol. The molecule has 6 rings (SSSR count). The Labute approximate surface area is 223 Å². The summed E-state index contributed by atoms with van der Waals surface area (Å²) in [6.07, 6.45) is 3.53. The molecule has 1 N–H and O–H groups in total. The number of anilines is 1. The van der Waals surface area contributed by atoms with Crippen molar-refractivity contribution in [1.29, 1.82) is 0 Å². The van der Waals surface area contributed by atoms with E-state index in [1.165, 1.54) is 11.8 Å². The first-order chi connectivity index (χ1) is 18.8. The van der Waals surface area contributed by atoms with Crippen molar-refractivity contribution in [2.45, 2.75) is 17.3 Å². The predicted octanol–water partition coefficient (Wildman–Crippen LogP) is 5.87. The summed E-state index contributed by atoms with van der Waals surface area (Å²) in [5.41, 5.74) is 4.05. The molecule has 0 aliphatic carbocycles. The topological polar surface area (TPSA) is 77.6 Å². The van der Waals surface area contributed by atoms with E-state index in [1.807, 2.05) is 91.0 Å². The first-order valence-electron chi connectivity index (χ1n) is 12.2. The molecular formula is C30H24N6OS. The molecule has 0 aliphatic rings. The third kappa shape index (κ3) is 4.81. The van der Waals surface area contributed by atoms with Crippen molar-refractivity contribution in [3.05, 3.63) is 137 Å². The molecule has 8 heteroatoms. The molecule has 38 heavy (non-hydrogen) atoms. The van der Waals surface area contributed by atoms with Crippen LogP contribution >= 0.6 is 11.8 Å². The molecule has 6 aromatic rings. The van der Waals surface area contributed by atoms with Crippen molar-refractivity contribution in [1.82, 2.24) is 24.3 Å². The molecule has 3 aromatic carbocycles. The van der Waals surface area contributed by atoms with E-state index < -0.39 is 0 Å². The van der Waals surface area contributed by atoms with Crippen molar-refractivity contribution in [3.63, 3.8) is 0 Å². The highest BCUT2D eigenvalue weighted by Gasteiger charge is 2.22. The Bertz CT molecular complexity index is 1720. The second-order valence-electron chi connectivity index (χ2n) is 8.65. The fraction of sp³-hybridized carbons (Fsp3) is 0.0667. The zero-order valence-corrected chi connectivity index (χ0v) is 21.3. The molecule has 0 amide bonds. The quantitative estimate of drug-likeness (QED) is 0.255. The minimum absolute atomic E-state index is 0.173. The molecule has 3 heterocycles. The Balaban J connectivity index is 1.53. The van der Waals surface area contributed by atoms with Crippen LogP contribution in [0.1, 0.15) is 11.1 Å². The van der Waals surface area contributed by atoms with E-state index in [-0.39, 0.29) is 5.56 Å². The molecule has 0 radical (unpaired) electrons. The lowest BCUT2D eigenvalue weighted by molar-refractivity contribution is 0.848. The maximum absolute atomic E-state index is 14.2. The van der Waals surface area contributed by atoms with Crippen LogP contribution in [0.2, 0.25) is 0 Å². The van der Waals surface area contributed by atoms with Crippen molar-refractivity contribution < 1.29 is 0 Å². The standard InChI is InChI=1S/C30H24N6OS/c37-29-26-27(33-30(32-20-23-13-10-18-31-19-23)35(29)24-14-6-2-7-15-24)36(25-16-8-3-9-17-25)34-28(26)38-21-22-11-4-1-5-12-22/h1-19H,20-21H2,(H,32,33). The van der Waals surface area contributed by atoms with Gasteiger partial charge >= 0.3 is 0 Å². The lowest BCUT2D eigenvalue weighted by Gasteiger charge is -2.14. The number of hydrogen-bond donors (Lipinski definition) is 1. The molecule has 0 bridgehead atoms. The van der Waals surface area contributed by atoms with Gasteiger partial charge in [0.15, 0.2) is 5.65 Å². The minimum Gasteiger partial charge on any atom is -0.351 e. The Morgan fingerprint density at radius 2 is 1.42 bits per heavy atom. The van der Waals surface area contributed by atoms with E-state index >= 15 is 0 Å². The van der Waals surface area contributed by atoms with Crippen molar-refractivity contribution in [2.75, 3.05) is 5.32 Å². The summed E-state index contributed by atoms with van der Waals surface area (Å²) < 4.78 is 3.39. The molecule has 7 nitrogen and oxygen atoms in total. The van der Waals surface area contributed by atoms with Gasteiger partial charge in [0, 0.05) is 24.7 Å². The summed E-state index contributed by atoms with van der Waals surface area (Å²) >= 11 is 1.54.